The third-order valence-corrected chi connectivity index (χ3v) is 5.11. The van der Waals surface area contributed by atoms with E-state index in [0.29, 0.717) is 22.3 Å². The average Bonchev–Trinajstić information content (AvgIpc) is 2.64. The van der Waals surface area contributed by atoms with Gasteiger partial charge in [-0.2, -0.15) is 0 Å². The first-order valence-electron chi connectivity index (χ1n) is 8.56. The van der Waals surface area contributed by atoms with Gasteiger partial charge in [-0.25, -0.2) is 4.98 Å². The number of primary amides is 1. The number of nitrogens with one attached hydrogen (secondary N) is 2. The SMILES string of the molecule is CCCSc1nc2c(c(=O)[nH]1)[C@H](c1ccc(OCC(N)=O)cc1)CC(=O)N2. The molecule has 0 aliphatic carbocycles. The molecule has 8 nitrogen and oxygen atoms in total. The van der Waals surface area contributed by atoms with Crippen molar-refractivity contribution in [1.82, 2.24) is 9.97 Å². The van der Waals surface area contributed by atoms with Crippen LogP contribution in [0.25, 0.3) is 0 Å². The van der Waals surface area contributed by atoms with Crippen molar-refractivity contribution in [2.45, 2.75) is 30.8 Å². The van der Waals surface area contributed by atoms with Crippen LogP contribution in [-0.4, -0.2) is 34.1 Å². The van der Waals surface area contributed by atoms with Crippen molar-refractivity contribution in [2.75, 3.05) is 17.7 Å². The van der Waals surface area contributed by atoms with E-state index in [-0.39, 0.29) is 24.5 Å². The number of carbonyl (C=O) groups excluding carboxylic acids is 2. The molecule has 0 bridgehead atoms. The fourth-order valence-corrected chi connectivity index (χ4v) is 3.57. The maximum Gasteiger partial charge on any atom is 0.257 e. The summed E-state index contributed by atoms with van der Waals surface area (Å²) in [7, 11) is 0. The lowest BCUT2D eigenvalue weighted by Gasteiger charge is -2.24. The largest absolute Gasteiger partial charge is 0.484 e. The molecule has 1 atom stereocenters. The van der Waals surface area contributed by atoms with Gasteiger partial charge in [-0.3, -0.25) is 14.4 Å². The number of hydrogen-bond acceptors (Lipinski definition) is 6. The van der Waals surface area contributed by atoms with Gasteiger partial charge in [0.05, 0.1) is 5.56 Å². The molecule has 1 aliphatic heterocycles. The highest BCUT2D eigenvalue weighted by Gasteiger charge is 2.30. The number of aromatic amines is 1. The summed E-state index contributed by atoms with van der Waals surface area (Å²) in [5.41, 5.74) is 6.04. The van der Waals surface area contributed by atoms with E-state index in [1.807, 2.05) is 6.92 Å². The normalized spacial score (nSPS) is 15.7. The minimum atomic E-state index is -0.564. The molecular weight excluding hydrogens is 368 g/mol. The third-order valence-electron chi connectivity index (χ3n) is 4.04. The Labute approximate surface area is 159 Å². The summed E-state index contributed by atoms with van der Waals surface area (Å²) >= 11 is 1.44. The monoisotopic (exact) mass is 388 g/mol. The summed E-state index contributed by atoms with van der Waals surface area (Å²) in [5, 5.41) is 3.20. The number of anilines is 1. The first-order valence-corrected chi connectivity index (χ1v) is 9.54. The van der Waals surface area contributed by atoms with Crippen molar-refractivity contribution in [3.05, 3.63) is 45.7 Å². The predicted octanol–water partition coefficient (Wildman–Crippen LogP) is 1.61. The van der Waals surface area contributed by atoms with Gasteiger partial charge in [0.15, 0.2) is 11.8 Å². The standard InChI is InChI=1S/C18H20N4O4S/c1-2-7-27-18-21-16-15(17(25)22-18)12(8-14(24)20-16)10-3-5-11(6-4-10)26-9-13(19)23/h3-6,12H,2,7-9H2,1H3,(H2,19,23)(H2,20,21,22,24,25)/t12-/m0/s1. The Morgan fingerprint density at radius 2 is 2.07 bits per heavy atom. The van der Waals surface area contributed by atoms with Crippen molar-refractivity contribution >= 4 is 29.4 Å². The Bertz CT molecular complexity index is 911. The zero-order chi connectivity index (χ0) is 19.4. The number of H-pyrrole nitrogens is 1. The quantitative estimate of drug-likeness (QED) is 0.488. The van der Waals surface area contributed by atoms with Gasteiger partial charge in [-0.05, 0) is 24.1 Å². The third kappa shape index (κ3) is 4.48. The van der Waals surface area contributed by atoms with Gasteiger partial charge in [0, 0.05) is 18.1 Å². The molecule has 2 amide bonds. The number of thioether (sulfide) groups is 1. The molecule has 2 heterocycles. The van der Waals surface area contributed by atoms with Crippen LogP contribution >= 0.6 is 11.8 Å². The molecule has 142 valence electrons. The van der Waals surface area contributed by atoms with Gasteiger partial charge in [0.25, 0.3) is 11.5 Å². The van der Waals surface area contributed by atoms with Crippen molar-refractivity contribution in [3.63, 3.8) is 0 Å². The number of fused-ring (bicyclic) bond motifs is 1. The van der Waals surface area contributed by atoms with Crippen LogP contribution in [0.4, 0.5) is 5.82 Å². The number of amides is 2. The zero-order valence-corrected chi connectivity index (χ0v) is 15.6. The van der Waals surface area contributed by atoms with E-state index in [2.05, 4.69) is 15.3 Å². The Morgan fingerprint density at radius 1 is 1.33 bits per heavy atom. The highest BCUT2D eigenvalue weighted by Crippen LogP contribution is 2.35. The molecule has 3 rings (SSSR count). The van der Waals surface area contributed by atoms with Crippen LogP contribution in [0.2, 0.25) is 0 Å². The summed E-state index contributed by atoms with van der Waals surface area (Å²) < 4.78 is 5.24. The maximum atomic E-state index is 12.6. The van der Waals surface area contributed by atoms with Crippen molar-refractivity contribution in [3.8, 4) is 5.75 Å². The Morgan fingerprint density at radius 3 is 2.74 bits per heavy atom. The van der Waals surface area contributed by atoms with Gasteiger partial charge in [-0.15, -0.1) is 0 Å². The van der Waals surface area contributed by atoms with E-state index in [1.165, 1.54) is 11.8 Å². The van der Waals surface area contributed by atoms with E-state index < -0.39 is 11.8 Å². The molecule has 0 fully saturated rings. The minimum absolute atomic E-state index is 0.153. The number of hydrogen-bond donors (Lipinski definition) is 3. The van der Waals surface area contributed by atoms with Crippen LogP contribution in [0.15, 0.2) is 34.2 Å². The molecule has 0 saturated heterocycles. The highest BCUT2D eigenvalue weighted by molar-refractivity contribution is 7.99. The number of rotatable bonds is 7. The molecule has 27 heavy (non-hydrogen) atoms. The molecule has 0 saturated carbocycles. The fraction of sp³-hybridized carbons (Fsp3) is 0.333. The molecule has 1 aromatic heterocycles. The van der Waals surface area contributed by atoms with E-state index in [0.717, 1.165) is 17.7 Å². The van der Waals surface area contributed by atoms with Gasteiger partial charge in [-0.1, -0.05) is 30.8 Å². The number of ether oxygens (including phenoxy) is 1. The Kier molecular flexibility index (Phi) is 5.80. The number of nitrogens with zero attached hydrogens (tertiary/aromatic N) is 1. The second-order valence-corrected chi connectivity index (χ2v) is 7.19. The van der Waals surface area contributed by atoms with Gasteiger partial charge in [0.2, 0.25) is 5.91 Å². The predicted molar refractivity (Wildman–Crippen MR) is 102 cm³/mol. The number of nitrogens with two attached hydrogens (primary N) is 1. The van der Waals surface area contributed by atoms with Crippen molar-refractivity contribution in [2.24, 2.45) is 5.73 Å². The Balaban J connectivity index is 1.90. The molecule has 4 N–H and O–H groups in total. The second kappa shape index (κ2) is 8.26. The van der Waals surface area contributed by atoms with Crippen LogP contribution in [0.5, 0.6) is 5.75 Å². The summed E-state index contributed by atoms with van der Waals surface area (Å²) in [6, 6.07) is 6.89. The molecule has 1 aromatic carbocycles. The van der Waals surface area contributed by atoms with Crippen LogP contribution in [-0.2, 0) is 9.59 Å². The van der Waals surface area contributed by atoms with Gasteiger partial charge < -0.3 is 20.8 Å². The minimum Gasteiger partial charge on any atom is -0.484 e. The Hall–Kier alpha value is -2.81. The first-order chi connectivity index (χ1) is 13.0. The number of aromatic nitrogens is 2. The van der Waals surface area contributed by atoms with Crippen LogP contribution in [0.1, 0.15) is 36.8 Å². The molecule has 0 unspecified atom stereocenters. The summed E-state index contributed by atoms with van der Waals surface area (Å²) in [4.78, 5) is 42.8. The van der Waals surface area contributed by atoms with Gasteiger partial charge >= 0.3 is 0 Å². The van der Waals surface area contributed by atoms with Crippen LogP contribution in [0.3, 0.4) is 0 Å². The average molecular weight is 388 g/mol. The number of carbonyl (C=O) groups is 2. The zero-order valence-electron chi connectivity index (χ0n) is 14.8. The fourth-order valence-electron chi connectivity index (χ4n) is 2.85. The molecule has 9 heteroatoms. The number of benzene rings is 1. The molecule has 2 aromatic rings. The van der Waals surface area contributed by atoms with Crippen molar-refractivity contribution in [1.29, 1.82) is 0 Å². The van der Waals surface area contributed by atoms with Gasteiger partial charge in [0.1, 0.15) is 11.6 Å². The van der Waals surface area contributed by atoms with Crippen molar-refractivity contribution < 1.29 is 14.3 Å². The summed E-state index contributed by atoms with van der Waals surface area (Å²) in [6.07, 6.45) is 1.10. The van der Waals surface area contributed by atoms with E-state index in [1.54, 1.807) is 24.3 Å². The molecular formula is C18H20N4O4S. The second-order valence-electron chi connectivity index (χ2n) is 6.11. The molecule has 0 radical (unpaired) electrons. The topological polar surface area (TPSA) is 127 Å². The lowest BCUT2D eigenvalue weighted by molar-refractivity contribution is -0.120. The van der Waals surface area contributed by atoms with E-state index >= 15 is 0 Å². The molecule has 0 spiro atoms. The highest BCUT2D eigenvalue weighted by atomic mass is 32.2. The smallest absolute Gasteiger partial charge is 0.257 e. The molecule has 1 aliphatic rings. The van der Waals surface area contributed by atoms with Crippen LogP contribution < -0.4 is 21.3 Å². The lowest BCUT2D eigenvalue weighted by Crippen LogP contribution is -2.31. The first kappa shape index (κ1) is 19.0. The summed E-state index contributed by atoms with van der Waals surface area (Å²) in [6.45, 7) is 1.83. The van der Waals surface area contributed by atoms with Crippen LogP contribution in [0, 0.1) is 0 Å². The van der Waals surface area contributed by atoms with E-state index in [9.17, 15) is 14.4 Å². The van der Waals surface area contributed by atoms with E-state index in [4.69, 9.17) is 10.5 Å². The summed E-state index contributed by atoms with van der Waals surface area (Å²) in [5.74, 6) is 0.466. The lowest BCUT2D eigenvalue weighted by atomic mass is 9.87. The maximum absolute atomic E-state index is 12.6.